The second-order valence-corrected chi connectivity index (χ2v) is 9.92. The first-order chi connectivity index (χ1) is 20.6. The Morgan fingerprint density at radius 3 is 2.44 bits per heavy atom. The van der Waals surface area contributed by atoms with E-state index in [1.165, 1.54) is 37.4 Å². The molecule has 1 aliphatic carbocycles. The Morgan fingerprint density at radius 1 is 0.977 bits per heavy atom. The predicted octanol–water partition coefficient (Wildman–Crippen LogP) is 0.563. The molecule has 5 atom stereocenters. The zero-order chi connectivity index (χ0) is 30.8. The van der Waals surface area contributed by atoms with Crippen LogP contribution in [0, 0.1) is 0 Å². The second-order valence-electron chi connectivity index (χ2n) is 9.92. The lowest BCUT2D eigenvalue weighted by Crippen LogP contribution is -2.65. The molecule has 0 bridgehead atoms. The minimum atomic E-state index is -1.53. The first-order valence-corrected chi connectivity index (χ1v) is 13.2. The summed E-state index contributed by atoms with van der Waals surface area (Å²) in [6, 6.07) is 14.1. The average Bonchev–Trinajstić information content (AvgIpc) is 3.00. The van der Waals surface area contributed by atoms with Gasteiger partial charge in [0.05, 0.1) is 18.7 Å². The van der Waals surface area contributed by atoms with E-state index in [1.807, 2.05) is 0 Å². The molecule has 6 N–H and O–H groups in total. The molecule has 0 aromatic heterocycles. The van der Waals surface area contributed by atoms with Gasteiger partial charge in [-0.2, -0.15) is 0 Å². The molecule has 5 rings (SSSR count). The van der Waals surface area contributed by atoms with Crippen LogP contribution in [-0.4, -0.2) is 89.1 Å². The summed E-state index contributed by atoms with van der Waals surface area (Å²) in [4.78, 5) is 49.9. The van der Waals surface area contributed by atoms with Gasteiger partial charge in [-0.15, -0.1) is 0 Å². The van der Waals surface area contributed by atoms with E-state index >= 15 is 0 Å². The Morgan fingerprint density at radius 2 is 1.72 bits per heavy atom. The van der Waals surface area contributed by atoms with E-state index in [0.717, 1.165) is 0 Å². The number of aliphatic hydroxyl groups excluding tert-OH is 3. The summed E-state index contributed by atoms with van der Waals surface area (Å²) >= 11 is 0. The molecule has 43 heavy (non-hydrogen) atoms. The van der Waals surface area contributed by atoms with E-state index in [4.69, 9.17) is 13.9 Å². The van der Waals surface area contributed by atoms with Crippen LogP contribution in [0.25, 0.3) is 33.4 Å². The Hall–Kier alpha value is -4.66. The maximum Gasteiger partial charge on any atom is 0.336 e. The summed E-state index contributed by atoms with van der Waals surface area (Å²) in [5.74, 6) is -2.54. The Bertz CT molecular complexity index is 1720. The molecule has 0 saturated carbocycles. The number of ether oxygens (including phenoxy) is 2. The number of benzene rings is 3. The summed E-state index contributed by atoms with van der Waals surface area (Å²) in [5, 5.41) is 45.4. The number of rotatable bonds is 8. The van der Waals surface area contributed by atoms with E-state index in [1.54, 1.807) is 30.3 Å². The van der Waals surface area contributed by atoms with Crippen molar-refractivity contribution >= 4 is 28.8 Å². The fraction of sp³-hybridized carbons (Fsp3) is 0.267. The van der Waals surface area contributed by atoms with E-state index in [9.17, 15) is 39.6 Å². The number of carboxylic acids is 1. The van der Waals surface area contributed by atoms with E-state index in [-0.39, 0.29) is 27.9 Å². The van der Waals surface area contributed by atoms with Crippen molar-refractivity contribution in [3.8, 4) is 22.5 Å². The number of carbonyl (C=O) groups is 3. The molecule has 2 heterocycles. The quantitative estimate of drug-likeness (QED) is 0.156. The van der Waals surface area contributed by atoms with Crippen LogP contribution < -0.4 is 16.1 Å². The van der Waals surface area contributed by atoms with Gasteiger partial charge in [0.15, 0.2) is 11.7 Å². The van der Waals surface area contributed by atoms with Crippen molar-refractivity contribution in [2.24, 2.45) is 0 Å². The lowest BCUT2D eigenvalue weighted by atomic mass is 9.90. The fourth-order valence-electron chi connectivity index (χ4n) is 5.13. The number of nitrogens with one attached hydrogen (secondary N) is 2. The molecule has 2 aromatic carbocycles. The van der Waals surface area contributed by atoms with Gasteiger partial charge in [0, 0.05) is 35.3 Å². The minimum absolute atomic E-state index is 0.0398. The summed E-state index contributed by atoms with van der Waals surface area (Å²) in [5.41, 5.74) is 1.22. The molecule has 2 amide bonds. The van der Waals surface area contributed by atoms with Crippen molar-refractivity contribution in [2.45, 2.75) is 30.6 Å². The summed E-state index contributed by atoms with van der Waals surface area (Å²) in [7, 11) is 1.26. The van der Waals surface area contributed by atoms with Crippen molar-refractivity contribution < 1.29 is 48.7 Å². The van der Waals surface area contributed by atoms with Crippen molar-refractivity contribution in [2.75, 3.05) is 20.3 Å². The van der Waals surface area contributed by atoms with E-state index < -0.39 is 61.6 Å². The Balaban J connectivity index is 1.39. The number of carbonyl (C=O) groups excluding carboxylic acids is 2. The van der Waals surface area contributed by atoms with Gasteiger partial charge in [-0.3, -0.25) is 14.4 Å². The highest BCUT2D eigenvalue weighted by Gasteiger charge is 2.45. The van der Waals surface area contributed by atoms with Crippen molar-refractivity contribution in [1.29, 1.82) is 0 Å². The molecule has 5 unspecified atom stereocenters. The largest absolute Gasteiger partial charge is 0.478 e. The molecule has 0 radical (unpaired) electrons. The van der Waals surface area contributed by atoms with Crippen molar-refractivity contribution in [3.63, 3.8) is 0 Å². The zero-order valence-electron chi connectivity index (χ0n) is 22.7. The number of para-hydroxylation sites is 1. The first kappa shape index (κ1) is 29.8. The molecule has 1 saturated heterocycles. The van der Waals surface area contributed by atoms with Crippen LogP contribution in [0.5, 0.6) is 0 Å². The minimum Gasteiger partial charge on any atom is -0.478 e. The molecule has 2 aromatic rings. The van der Waals surface area contributed by atoms with Gasteiger partial charge < -0.3 is 45.0 Å². The first-order valence-electron chi connectivity index (χ1n) is 13.2. The standard InChI is InChI=1S/C30H28N2O11/c1-41-30-25(27(37)26(36)22(13-33)43-30)32-23(35)12-31-28(38)14-6-8-16(19(10-14)29(39)40)24-17-4-2-3-5-20(17)42-21-11-15(34)7-9-18(21)24/h2-11,22,25-27,30,33,36-37H,12-13H2,1H3,(H,31,38)(H,32,35)(H,39,40). The molecule has 1 fully saturated rings. The highest BCUT2D eigenvalue weighted by molar-refractivity contribution is 6.09. The Kier molecular flexibility index (Phi) is 8.52. The highest BCUT2D eigenvalue weighted by Crippen LogP contribution is 2.41. The van der Waals surface area contributed by atoms with Crippen LogP contribution in [0.15, 0.2) is 69.9 Å². The monoisotopic (exact) mass is 592 g/mol. The molecular weight excluding hydrogens is 564 g/mol. The third-order valence-corrected chi connectivity index (χ3v) is 7.23. The van der Waals surface area contributed by atoms with Crippen LogP contribution in [-0.2, 0) is 14.3 Å². The van der Waals surface area contributed by atoms with Gasteiger partial charge in [0.2, 0.25) is 5.91 Å². The summed E-state index contributed by atoms with van der Waals surface area (Å²) in [6.07, 6.45) is -5.33. The molecular formula is C30H28N2O11. The van der Waals surface area contributed by atoms with Crippen LogP contribution in [0.1, 0.15) is 20.7 Å². The Labute approximate surface area is 243 Å². The molecule has 3 aliphatic rings. The number of hydrogen-bond acceptors (Lipinski definition) is 10. The number of aliphatic hydroxyl groups is 3. The summed E-state index contributed by atoms with van der Waals surface area (Å²) < 4.78 is 16.4. The topological polar surface area (TPSA) is 205 Å². The predicted molar refractivity (Wildman–Crippen MR) is 151 cm³/mol. The third-order valence-electron chi connectivity index (χ3n) is 7.23. The molecule has 13 heteroatoms. The van der Waals surface area contributed by atoms with Crippen LogP contribution in [0.2, 0.25) is 0 Å². The van der Waals surface area contributed by atoms with Gasteiger partial charge in [-0.25, -0.2) is 4.79 Å². The fourth-order valence-corrected chi connectivity index (χ4v) is 5.13. The van der Waals surface area contributed by atoms with Crippen molar-refractivity contribution in [3.05, 3.63) is 82.0 Å². The summed E-state index contributed by atoms with van der Waals surface area (Å²) in [6.45, 7) is -1.14. The van der Waals surface area contributed by atoms with Crippen LogP contribution in [0.4, 0.5) is 0 Å². The van der Waals surface area contributed by atoms with Gasteiger partial charge in [0.25, 0.3) is 5.91 Å². The van der Waals surface area contributed by atoms with Gasteiger partial charge in [-0.1, -0.05) is 24.3 Å². The average molecular weight is 593 g/mol. The lowest BCUT2D eigenvalue weighted by molar-refractivity contribution is -0.262. The molecule has 224 valence electrons. The zero-order valence-corrected chi connectivity index (χ0v) is 22.7. The van der Waals surface area contributed by atoms with E-state index in [0.29, 0.717) is 22.1 Å². The third kappa shape index (κ3) is 5.84. The number of amides is 2. The number of hydrogen-bond donors (Lipinski definition) is 6. The maximum absolute atomic E-state index is 12.9. The highest BCUT2D eigenvalue weighted by atomic mass is 16.7. The second kappa shape index (κ2) is 12.3. The molecule has 0 spiro atoms. The molecule has 2 aliphatic heterocycles. The number of carboxylic acid groups (broad SMARTS) is 1. The number of methoxy groups -OCH3 is 1. The van der Waals surface area contributed by atoms with Crippen molar-refractivity contribution in [1.82, 2.24) is 10.6 Å². The van der Waals surface area contributed by atoms with E-state index in [2.05, 4.69) is 10.6 Å². The number of aromatic carboxylic acids is 1. The lowest BCUT2D eigenvalue weighted by Gasteiger charge is -2.41. The maximum atomic E-state index is 12.9. The van der Waals surface area contributed by atoms with Crippen LogP contribution in [0.3, 0.4) is 0 Å². The SMILES string of the molecule is COC1OC(CO)C(O)C(O)C1NC(=O)CNC(=O)c1ccc(-c2c3ccc(=O)cc-3oc3ccccc23)c(C(=O)O)c1. The normalized spacial score (nSPS) is 21.9. The number of fused-ring (bicyclic) bond motifs is 2. The van der Waals surface area contributed by atoms with Gasteiger partial charge in [-0.05, 0) is 35.9 Å². The van der Waals surface area contributed by atoms with Crippen LogP contribution >= 0.6 is 0 Å². The smallest absolute Gasteiger partial charge is 0.336 e. The van der Waals surface area contributed by atoms with Gasteiger partial charge >= 0.3 is 5.97 Å². The molecule has 13 nitrogen and oxygen atoms in total. The van der Waals surface area contributed by atoms with Gasteiger partial charge in [0.1, 0.15) is 35.7 Å².